The summed E-state index contributed by atoms with van der Waals surface area (Å²) in [6.07, 6.45) is 0. The lowest BCUT2D eigenvalue weighted by atomic mass is 9.94. The molecule has 2 aromatic rings. The highest BCUT2D eigenvalue weighted by Crippen LogP contribution is 2.29. The van der Waals surface area contributed by atoms with Gasteiger partial charge in [0.05, 0.1) is 18.7 Å². The molecule has 2 aromatic carbocycles. The molecule has 0 saturated carbocycles. The highest BCUT2D eigenvalue weighted by Gasteiger charge is 2.29. The van der Waals surface area contributed by atoms with Gasteiger partial charge in [0, 0.05) is 32.2 Å². The Morgan fingerprint density at radius 1 is 1.00 bits per heavy atom. The van der Waals surface area contributed by atoms with Gasteiger partial charge in [-0.3, -0.25) is 4.79 Å². The normalized spacial score (nSPS) is 16.9. The zero-order chi connectivity index (χ0) is 18.5. The number of carbonyl (C=O) groups is 1. The number of hydrogen-bond acceptors (Lipinski definition) is 4. The summed E-state index contributed by atoms with van der Waals surface area (Å²) in [5, 5.41) is 0. The summed E-state index contributed by atoms with van der Waals surface area (Å²) in [4.78, 5) is 17.1. The fraction of sp³-hybridized carbons (Fsp3) is 0.381. The van der Waals surface area contributed by atoms with Crippen molar-refractivity contribution in [3.63, 3.8) is 0 Å². The lowest BCUT2D eigenvalue weighted by Gasteiger charge is -2.38. The molecule has 26 heavy (non-hydrogen) atoms. The Kier molecular flexibility index (Phi) is 5.78. The second kappa shape index (κ2) is 8.23. The number of piperazine rings is 1. The Hall–Kier alpha value is -2.53. The van der Waals surface area contributed by atoms with Crippen molar-refractivity contribution in [3.05, 3.63) is 60.2 Å². The summed E-state index contributed by atoms with van der Waals surface area (Å²) in [5.41, 5.74) is 8.41. The predicted molar refractivity (Wildman–Crippen MR) is 104 cm³/mol. The van der Waals surface area contributed by atoms with E-state index in [4.69, 9.17) is 10.5 Å². The van der Waals surface area contributed by atoms with Crippen molar-refractivity contribution < 1.29 is 9.53 Å². The van der Waals surface area contributed by atoms with E-state index >= 15 is 0 Å². The first-order valence-electron chi connectivity index (χ1n) is 9.09. The van der Waals surface area contributed by atoms with Gasteiger partial charge in [-0.1, -0.05) is 49.4 Å². The maximum absolute atomic E-state index is 12.9. The van der Waals surface area contributed by atoms with Gasteiger partial charge in [-0.15, -0.1) is 0 Å². The van der Waals surface area contributed by atoms with E-state index in [9.17, 15) is 4.79 Å². The molecule has 1 aliphatic heterocycles. The molecule has 0 bridgehead atoms. The van der Waals surface area contributed by atoms with Gasteiger partial charge < -0.3 is 20.3 Å². The highest BCUT2D eigenvalue weighted by atomic mass is 16.5. The molecule has 138 valence electrons. The fourth-order valence-electron chi connectivity index (χ4n) is 3.46. The Bertz CT molecular complexity index is 727. The van der Waals surface area contributed by atoms with Crippen molar-refractivity contribution in [3.8, 4) is 5.75 Å². The van der Waals surface area contributed by atoms with Gasteiger partial charge in [0.15, 0.2) is 0 Å². The van der Waals surface area contributed by atoms with Gasteiger partial charge in [-0.25, -0.2) is 0 Å². The molecule has 1 heterocycles. The summed E-state index contributed by atoms with van der Waals surface area (Å²) >= 11 is 0. The van der Waals surface area contributed by atoms with Crippen molar-refractivity contribution >= 4 is 11.6 Å². The van der Waals surface area contributed by atoms with Crippen LogP contribution in [0.15, 0.2) is 54.6 Å². The van der Waals surface area contributed by atoms with Gasteiger partial charge in [0.1, 0.15) is 5.75 Å². The second-order valence-corrected chi connectivity index (χ2v) is 6.71. The van der Waals surface area contributed by atoms with Crippen LogP contribution in [0.2, 0.25) is 0 Å². The molecule has 3 rings (SSSR count). The monoisotopic (exact) mass is 353 g/mol. The first kappa shape index (κ1) is 18.3. The number of benzene rings is 2. The minimum absolute atomic E-state index is 0.126. The van der Waals surface area contributed by atoms with Crippen LogP contribution in [0.3, 0.4) is 0 Å². The molecule has 0 radical (unpaired) electrons. The van der Waals surface area contributed by atoms with Crippen LogP contribution in [-0.4, -0.2) is 44.1 Å². The minimum Gasteiger partial charge on any atom is -0.495 e. The number of nitrogens with zero attached hydrogens (tertiary/aromatic N) is 2. The van der Waals surface area contributed by atoms with Gasteiger partial charge in [-0.2, -0.15) is 0 Å². The molecule has 1 aliphatic rings. The van der Waals surface area contributed by atoms with E-state index < -0.39 is 0 Å². The van der Waals surface area contributed by atoms with E-state index in [-0.39, 0.29) is 17.9 Å². The average molecular weight is 353 g/mol. The minimum atomic E-state index is -0.282. The van der Waals surface area contributed by atoms with Crippen LogP contribution in [0.4, 0.5) is 5.69 Å². The summed E-state index contributed by atoms with van der Waals surface area (Å²) in [7, 11) is 1.69. The van der Waals surface area contributed by atoms with Crippen LogP contribution in [0.25, 0.3) is 0 Å². The Balaban J connectivity index is 1.61. The first-order valence-corrected chi connectivity index (χ1v) is 9.09. The summed E-state index contributed by atoms with van der Waals surface area (Å²) in [5.74, 6) is 0.753. The smallest absolute Gasteiger partial charge is 0.227 e. The molecule has 1 saturated heterocycles. The molecule has 2 unspecified atom stereocenters. The van der Waals surface area contributed by atoms with E-state index in [1.807, 2.05) is 60.4 Å². The number of ether oxygens (including phenoxy) is 1. The molecular formula is C21H27N3O2. The number of carbonyl (C=O) groups excluding carboxylic acids is 1. The van der Waals surface area contributed by atoms with Crippen molar-refractivity contribution in [1.29, 1.82) is 0 Å². The van der Waals surface area contributed by atoms with Crippen LogP contribution in [-0.2, 0) is 4.79 Å². The van der Waals surface area contributed by atoms with Crippen LogP contribution in [0.1, 0.15) is 18.5 Å². The molecule has 0 aromatic heterocycles. The topological polar surface area (TPSA) is 58.8 Å². The number of para-hydroxylation sites is 2. The molecule has 2 atom stereocenters. The molecule has 0 spiro atoms. The fourth-order valence-corrected chi connectivity index (χ4v) is 3.46. The standard InChI is InChI=1S/C21H27N3O2/c1-16(20(22)17-8-4-3-5-9-17)21(25)24-14-12-23(13-15-24)18-10-6-7-11-19(18)26-2/h3-11,16,20H,12-15,22H2,1-2H3. The number of nitrogens with two attached hydrogens (primary N) is 1. The van der Waals surface area contributed by atoms with Crippen LogP contribution < -0.4 is 15.4 Å². The van der Waals surface area contributed by atoms with E-state index in [0.29, 0.717) is 13.1 Å². The first-order chi connectivity index (χ1) is 12.6. The summed E-state index contributed by atoms with van der Waals surface area (Å²) in [6, 6.07) is 17.6. The van der Waals surface area contributed by atoms with E-state index in [2.05, 4.69) is 11.0 Å². The maximum atomic E-state index is 12.9. The number of methoxy groups -OCH3 is 1. The largest absolute Gasteiger partial charge is 0.495 e. The Labute approximate surface area is 155 Å². The molecule has 1 amide bonds. The number of anilines is 1. The van der Waals surface area contributed by atoms with Crippen molar-refractivity contribution in [1.82, 2.24) is 4.90 Å². The molecule has 2 N–H and O–H groups in total. The summed E-state index contributed by atoms with van der Waals surface area (Å²) < 4.78 is 5.45. The van der Waals surface area contributed by atoms with Crippen LogP contribution in [0.5, 0.6) is 5.75 Å². The number of rotatable bonds is 5. The highest BCUT2D eigenvalue weighted by molar-refractivity contribution is 5.80. The number of hydrogen-bond donors (Lipinski definition) is 1. The zero-order valence-corrected chi connectivity index (χ0v) is 15.5. The van der Waals surface area contributed by atoms with E-state index in [1.165, 1.54) is 0 Å². The Morgan fingerprint density at radius 3 is 2.27 bits per heavy atom. The quantitative estimate of drug-likeness (QED) is 0.898. The van der Waals surface area contributed by atoms with Crippen LogP contribution in [0, 0.1) is 5.92 Å². The van der Waals surface area contributed by atoms with E-state index in [1.54, 1.807) is 7.11 Å². The third-order valence-corrected chi connectivity index (χ3v) is 5.13. The molecule has 0 aliphatic carbocycles. The average Bonchev–Trinajstić information content (AvgIpc) is 2.73. The molecule has 1 fully saturated rings. The lowest BCUT2D eigenvalue weighted by molar-refractivity contribution is -0.136. The molecule has 5 heteroatoms. The maximum Gasteiger partial charge on any atom is 0.227 e. The second-order valence-electron chi connectivity index (χ2n) is 6.71. The molecular weight excluding hydrogens is 326 g/mol. The zero-order valence-electron chi connectivity index (χ0n) is 15.5. The molecule has 5 nitrogen and oxygen atoms in total. The van der Waals surface area contributed by atoms with Gasteiger partial charge >= 0.3 is 0 Å². The van der Waals surface area contributed by atoms with Crippen LogP contribution >= 0.6 is 0 Å². The van der Waals surface area contributed by atoms with Gasteiger partial charge in [0.25, 0.3) is 0 Å². The summed E-state index contributed by atoms with van der Waals surface area (Å²) in [6.45, 7) is 4.90. The lowest BCUT2D eigenvalue weighted by Crippen LogP contribution is -2.51. The van der Waals surface area contributed by atoms with Crippen molar-refractivity contribution in [2.24, 2.45) is 11.7 Å². The Morgan fingerprint density at radius 2 is 1.62 bits per heavy atom. The third kappa shape index (κ3) is 3.83. The number of amides is 1. The van der Waals surface area contributed by atoms with Gasteiger partial charge in [-0.05, 0) is 17.7 Å². The SMILES string of the molecule is COc1ccccc1N1CCN(C(=O)C(C)C(N)c2ccccc2)CC1. The predicted octanol–water partition coefficient (Wildman–Crippen LogP) is 2.68. The van der Waals surface area contributed by atoms with Crippen molar-refractivity contribution in [2.75, 3.05) is 38.2 Å². The van der Waals surface area contributed by atoms with Crippen molar-refractivity contribution in [2.45, 2.75) is 13.0 Å². The van der Waals surface area contributed by atoms with E-state index in [0.717, 1.165) is 30.1 Å². The van der Waals surface area contributed by atoms with Gasteiger partial charge in [0.2, 0.25) is 5.91 Å². The third-order valence-electron chi connectivity index (χ3n) is 5.13.